The van der Waals surface area contributed by atoms with Crippen molar-refractivity contribution >= 4 is 17.1 Å². The molecule has 0 radical (unpaired) electrons. The molecular weight excluding hydrogens is 398 g/mol. The van der Waals surface area contributed by atoms with Gasteiger partial charge in [-0.3, -0.25) is 15.3 Å². The highest BCUT2D eigenvalue weighted by molar-refractivity contribution is 6.13. The number of rotatable bonds is 8. The predicted molar refractivity (Wildman–Crippen MR) is 130 cm³/mol. The predicted octanol–water partition coefficient (Wildman–Crippen LogP) is 4.32. The summed E-state index contributed by atoms with van der Waals surface area (Å²) in [5.74, 6) is 1.74. The molecule has 6 nitrogen and oxygen atoms in total. The lowest BCUT2D eigenvalue weighted by atomic mass is 10.0. The van der Waals surface area contributed by atoms with E-state index in [0.29, 0.717) is 28.7 Å². The SMILES string of the molecule is CC(CC1CC1)N1CCN(c2ccnc(C(=N)c3cc(OC4(C)CC4)ccc3N)c2)CC1. The van der Waals surface area contributed by atoms with Crippen molar-refractivity contribution in [2.75, 3.05) is 36.8 Å². The first-order valence-electron chi connectivity index (χ1n) is 12.0. The number of hydrogen-bond donors (Lipinski definition) is 2. The Balaban J connectivity index is 1.27. The van der Waals surface area contributed by atoms with Crippen molar-refractivity contribution in [3.8, 4) is 5.75 Å². The molecule has 2 aromatic rings. The first-order valence-corrected chi connectivity index (χ1v) is 12.0. The normalized spacial score (nSPS) is 21.2. The van der Waals surface area contributed by atoms with E-state index < -0.39 is 0 Å². The zero-order chi connectivity index (χ0) is 22.3. The van der Waals surface area contributed by atoms with Crippen LogP contribution in [0, 0.1) is 11.3 Å². The van der Waals surface area contributed by atoms with Crippen LogP contribution < -0.4 is 15.4 Å². The molecule has 3 fully saturated rings. The summed E-state index contributed by atoms with van der Waals surface area (Å²) in [6.07, 6.45) is 8.15. The quantitative estimate of drug-likeness (QED) is 0.479. The molecule has 1 saturated heterocycles. The van der Waals surface area contributed by atoms with Gasteiger partial charge in [0.05, 0.1) is 11.4 Å². The third-order valence-electron chi connectivity index (χ3n) is 7.29. The fourth-order valence-corrected chi connectivity index (χ4v) is 4.67. The molecule has 3 aliphatic rings. The lowest BCUT2D eigenvalue weighted by Gasteiger charge is -2.39. The van der Waals surface area contributed by atoms with Crippen molar-refractivity contribution in [3.63, 3.8) is 0 Å². The number of nitrogens with one attached hydrogen (secondary N) is 1. The van der Waals surface area contributed by atoms with Gasteiger partial charge in [-0.25, -0.2) is 0 Å². The van der Waals surface area contributed by atoms with Gasteiger partial charge in [0.15, 0.2) is 0 Å². The van der Waals surface area contributed by atoms with E-state index in [-0.39, 0.29) is 5.60 Å². The van der Waals surface area contributed by atoms with Gasteiger partial charge in [-0.2, -0.15) is 0 Å². The molecule has 5 rings (SSSR count). The van der Waals surface area contributed by atoms with Gasteiger partial charge in [0.2, 0.25) is 0 Å². The van der Waals surface area contributed by atoms with E-state index in [1.165, 1.54) is 19.3 Å². The summed E-state index contributed by atoms with van der Waals surface area (Å²) in [7, 11) is 0. The van der Waals surface area contributed by atoms with E-state index in [1.54, 1.807) is 0 Å². The number of piperazine rings is 1. The molecule has 0 amide bonds. The van der Waals surface area contributed by atoms with Crippen LogP contribution in [0.4, 0.5) is 11.4 Å². The fraction of sp³-hybridized carbons (Fsp3) is 0.538. The summed E-state index contributed by atoms with van der Waals surface area (Å²) in [6.45, 7) is 8.70. The summed E-state index contributed by atoms with van der Waals surface area (Å²) in [6, 6.07) is 10.4. The standard InChI is InChI=1S/C26H35N5O/c1-18(15-19-3-4-19)30-11-13-31(14-12-30)20-7-10-29-24(16-20)25(28)22-17-21(5-6-23(22)27)32-26(2)8-9-26/h5-7,10,16-19,28H,3-4,8-9,11-15,27H2,1-2H3. The maximum Gasteiger partial charge on any atom is 0.120 e. The number of benzene rings is 1. The molecule has 2 aliphatic carbocycles. The van der Waals surface area contributed by atoms with Gasteiger partial charge in [-0.1, -0.05) is 12.8 Å². The molecule has 1 atom stereocenters. The molecule has 170 valence electrons. The first kappa shape index (κ1) is 21.3. The monoisotopic (exact) mass is 433 g/mol. The number of anilines is 2. The minimum Gasteiger partial charge on any atom is -0.488 e. The second-order valence-corrected chi connectivity index (χ2v) is 10.1. The number of nitrogens with zero attached hydrogens (tertiary/aromatic N) is 3. The lowest BCUT2D eigenvalue weighted by Crippen LogP contribution is -2.49. The average molecular weight is 434 g/mol. The van der Waals surface area contributed by atoms with Crippen LogP contribution in [0.1, 0.15) is 57.2 Å². The summed E-state index contributed by atoms with van der Waals surface area (Å²) in [5, 5.41) is 8.80. The van der Waals surface area contributed by atoms with E-state index in [1.807, 2.05) is 30.5 Å². The number of nitrogens with two attached hydrogens (primary N) is 1. The van der Waals surface area contributed by atoms with Gasteiger partial charge in [0, 0.05) is 55.4 Å². The largest absolute Gasteiger partial charge is 0.488 e. The fourth-order valence-electron chi connectivity index (χ4n) is 4.67. The second-order valence-electron chi connectivity index (χ2n) is 10.1. The molecule has 6 heteroatoms. The zero-order valence-electron chi connectivity index (χ0n) is 19.3. The van der Waals surface area contributed by atoms with Crippen LogP contribution in [-0.2, 0) is 0 Å². The Labute approximate surface area is 191 Å². The molecule has 0 bridgehead atoms. The Morgan fingerprint density at radius 1 is 1.19 bits per heavy atom. The first-order chi connectivity index (χ1) is 15.4. The van der Waals surface area contributed by atoms with Crippen LogP contribution in [0.5, 0.6) is 5.75 Å². The molecular formula is C26H35N5O. The summed E-state index contributed by atoms with van der Waals surface area (Å²) in [4.78, 5) is 9.54. The number of aromatic nitrogens is 1. The Morgan fingerprint density at radius 3 is 2.62 bits per heavy atom. The topological polar surface area (TPSA) is 78.5 Å². The van der Waals surface area contributed by atoms with Crippen LogP contribution in [-0.4, -0.2) is 53.4 Å². The summed E-state index contributed by atoms with van der Waals surface area (Å²) >= 11 is 0. The van der Waals surface area contributed by atoms with Crippen LogP contribution in [0.25, 0.3) is 0 Å². The average Bonchev–Trinajstić information content (AvgIpc) is 3.74. The van der Waals surface area contributed by atoms with Crippen LogP contribution in [0.15, 0.2) is 36.5 Å². The van der Waals surface area contributed by atoms with Gasteiger partial charge >= 0.3 is 0 Å². The minimum atomic E-state index is -0.0635. The maximum atomic E-state index is 8.80. The Morgan fingerprint density at radius 2 is 1.94 bits per heavy atom. The van der Waals surface area contributed by atoms with E-state index >= 15 is 0 Å². The molecule has 1 aromatic carbocycles. The van der Waals surface area contributed by atoms with E-state index in [2.05, 4.69) is 34.7 Å². The molecule has 0 spiro atoms. The van der Waals surface area contributed by atoms with Crippen LogP contribution in [0.3, 0.4) is 0 Å². The molecule has 2 saturated carbocycles. The highest BCUT2D eigenvalue weighted by Crippen LogP contribution is 2.40. The van der Waals surface area contributed by atoms with Crippen molar-refractivity contribution < 1.29 is 4.74 Å². The lowest BCUT2D eigenvalue weighted by molar-refractivity contribution is 0.183. The summed E-state index contributed by atoms with van der Waals surface area (Å²) in [5.41, 5.74) is 9.54. The number of hydrogen-bond acceptors (Lipinski definition) is 6. The van der Waals surface area contributed by atoms with Crippen LogP contribution >= 0.6 is 0 Å². The van der Waals surface area contributed by atoms with Gasteiger partial charge < -0.3 is 15.4 Å². The van der Waals surface area contributed by atoms with Gasteiger partial charge in [0.25, 0.3) is 0 Å². The number of ether oxygens (including phenoxy) is 1. The highest BCUT2D eigenvalue weighted by atomic mass is 16.5. The van der Waals surface area contributed by atoms with Gasteiger partial charge in [-0.15, -0.1) is 0 Å². The third kappa shape index (κ3) is 4.75. The molecule has 1 unspecified atom stereocenters. The van der Waals surface area contributed by atoms with Crippen molar-refractivity contribution in [2.24, 2.45) is 5.92 Å². The van der Waals surface area contributed by atoms with Crippen molar-refractivity contribution in [3.05, 3.63) is 47.8 Å². The Bertz CT molecular complexity index is 989. The second kappa shape index (κ2) is 8.39. The maximum absolute atomic E-state index is 8.80. The molecule has 1 aromatic heterocycles. The summed E-state index contributed by atoms with van der Waals surface area (Å²) < 4.78 is 6.08. The molecule has 32 heavy (non-hydrogen) atoms. The Kier molecular flexibility index (Phi) is 5.58. The van der Waals surface area contributed by atoms with Crippen LogP contribution in [0.2, 0.25) is 0 Å². The van der Waals surface area contributed by atoms with Crippen molar-refractivity contribution in [1.29, 1.82) is 5.41 Å². The van der Waals surface area contributed by atoms with E-state index in [9.17, 15) is 0 Å². The van der Waals surface area contributed by atoms with Crippen molar-refractivity contribution in [1.82, 2.24) is 9.88 Å². The molecule has 1 aliphatic heterocycles. The smallest absolute Gasteiger partial charge is 0.120 e. The third-order valence-corrected chi connectivity index (χ3v) is 7.29. The Hall–Kier alpha value is -2.60. The van der Waals surface area contributed by atoms with Crippen molar-refractivity contribution in [2.45, 2.75) is 57.6 Å². The molecule has 3 N–H and O–H groups in total. The van der Waals surface area contributed by atoms with E-state index in [0.717, 1.165) is 56.4 Å². The minimum absolute atomic E-state index is 0.0635. The van der Waals surface area contributed by atoms with Gasteiger partial charge in [-0.05, 0) is 69.4 Å². The zero-order valence-corrected chi connectivity index (χ0v) is 19.3. The highest BCUT2D eigenvalue weighted by Gasteiger charge is 2.40. The van der Waals surface area contributed by atoms with Gasteiger partial charge in [0.1, 0.15) is 11.4 Å². The van der Waals surface area contributed by atoms with E-state index in [4.69, 9.17) is 15.9 Å². The number of nitrogen functional groups attached to an aromatic ring is 1. The molecule has 2 heterocycles. The number of pyridine rings is 1.